The van der Waals surface area contributed by atoms with Crippen LogP contribution in [0.3, 0.4) is 0 Å². The van der Waals surface area contributed by atoms with Gasteiger partial charge >= 0.3 is 0 Å². The third kappa shape index (κ3) is 3.38. The van der Waals surface area contributed by atoms with Crippen molar-refractivity contribution in [3.63, 3.8) is 0 Å². The van der Waals surface area contributed by atoms with Gasteiger partial charge in [0.05, 0.1) is 12.3 Å². The predicted octanol–water partition coefficient (Wildman–Crippen LogP) is 2.25. The van der Waals surface area contributed by atoms with E-state index in [1.165, 1.54) is 0 Å². The molecule has 0 atom stereocenters. The number of benzene rings is 1. The van der Waals surface area contributed by atoms with Gasteiger partial charge in [-0.15, -0.1) is 0 Å². The van der Waals surface area contributed by atoms with Crippen LogP contribution in [0.4, 0.5) is 11.6 Å². The molecule has 19 heavy (non-hydrogen) atoms. The molecule has 0 amide bonds. The van der Waals surface area contributed by atoms with Crippen LogP contribution in [-0.4, -0.2) is 21.6 Å². The van der Waals surface area contributed by atoms with E-state index in [0.717, 1.165) is 11.4 Å². The number of nitrogens with two attached hydrogens (primary N) is 1. The second-order valence-corrected chi connectivity index (χ2v) is 4.12. The van der Waals surface area contributed by atoms with Crippen molar-refractivity contribution in [1.29, 1.82) is 0 Å². The van der Waals surface area contributed by atoms with Crippen LogP contribution in [0.2, 0.25) is 0 Å². The number of hydrogen-bond donors (Lipinski definition) is 2. The fourth-order valence-corrected chi connectivity index (χ4v) is 1.64. The highest BCUT2D eigenvalue weighted by atomic mass is 32.1. The molecule has 0 unspecified atom stereocenters. The van der Waals surface area contributed by atoms with Crippen LogP contribution >= 0.6 is 12.2 Å². The monoisotopic (exact) mass is 274 g/mol. The molecular weight excluding hydrogens is 260 g/mol. The quantitative estimate of drug-likeness (QED) is 0.815. The van der Waals surface area contributed by atoms with Crippen molar-refractivity contribution in [2.75, 3.05) is 11.9 Å². The maximum atomic E-state index is 5.54. The number of rotatable bonds is 5. The number of para-hydroxylation sites is 2. The SMILES string of the molecule is CCOc1ccccc1Nc1nccc(C(N)=S)n1. The molecule has 0 saturated carbocycles. The van der Waals surface area contributed by atoms with Crippen LogP contribution in [0.25, 0.3) is 0 Å². The lowest BCUT2D eigenvalue weighted by atomic mass is 10.3. The first-order valence-electron chi connectivity index (χ1n) is 5.82. The summed E-state index contributed by atoms with van der Waals surface area (Å²) in [4.78, 5) is 8.59. The highest BCUT2D eigenvalue weighted by Crippen LogP contribution is 2.25. The average molecular weight is 274 g/mol. The zero-order valence-electron chi connectivity index (χ0n) is 10.5. The van der Waals surface area contributed by atoms with Crippen LogP contribution in [0, 0.1) is 0 Å². The molecule has 1 aromatic heterocycles. The second-order valence-electron chi connectivity index (χ2n) is 3.68. The molecule has 2 rings (SSSR count). The Kier molecular flexibility index (Phi) is 4.25. The average Bonchev–Trinajstić information content (AvgIpc) is 2.41. The minimum absolute atomic E-state index is 0.239. The van der Waals surface area contributed by atoms with Crippen LogP contribution in [0.5, 0.6) is 5.75 Å². The molecule has 98 valence electrons. The van der Waals surface area contributed by atoms with Crippen molar-refractivity contribution in [2.24, 2.45) is 5.73 Å². The largest absolute Gasteiger partial charge is 0.492 e. The third-order valence-electron chi connectivity index (χ3n) is 2.34. The van der Waals surface area contributed by atoms with Crippen LogP contribution in [0.1, 0.15) is 12.6 Å². The molecule has 1 aromatic carbocycles. The Balaban J connectivity index is 2.26. The van der Waals surface area contributed by atoms with Crippen molar-refractivity contribution < 1.29 is 4.74 Å². The van der Waals surface area contributed by atoms with Gasteiger partial charge in [-0.1, -0.05) is 24.4 Å². The maximum Gasteiger partial charge on any atom is 0.227 e. The molecule has 0 aliphatic heterocycles. The van der Waals surface area contributed by atoms with Crippen molar-refractivity contribution in [3.8, 4) is 5.75 Å². The molecule has 3 N–H and O–H groups in total. The Bertz CT molecular complexity index is 588. The van der Waals surface area contributed by atoms with Gasteiger partial charge in [-0.3, -0.25) is 0 Å². The number of hydrogen-bond acceptors (Lipinski definition) is 5. The number of nitrogens with one attached hydrogen (secondary N) is 1. The summed E-state index contributed by atoms with van der Waals surface area (Å²) < 4.78 is 5.52. The fraction of sp³-hybridized carbons (Fsp3) is 0.154. The van der Waals surface area contributed by atoms with E-state index in [1.54, 1.807) is 12.3 Å². The van der Waals surface area contributed by atoms with E-state index in [2.05, 4.69) is 15.3 Å². The highest BCUT2D eigenvalue weighted by Gasteiger charge is 2.06. The molecule has 0 spiro atoms. The van der Waals surface area contributed by atoms with Crippen molar-refractivity contribution >= 4 is 28.8 Å². The summed E-state index contributed by atoms with van der Waals surface area (Å²) in [5.74, 6) is 1.17. The highest BCUT2D eigenvalue weighted by molar-refractivity contribution is 7.80. The van der Waals surface area contributed by atoms with E-state index in [9.17, 15) is 0 Å². The first-order valence-corrected chi connectivity index (χ1v) is 6.23. The zero-order chi connectivity index (χ0) is 13.7. The summed E-state index contributed by atoms with van der Waals surface area (Å²) in [6.45, 7) is 2.52. The number of nitrogens with zero attached hydrogens (tertiary/aromatic N) is 2. The van der Waals surface area contributed by atoms with Gasteiger partial charge in [-0.05, 0) is 25.1 Å². The van der Waals surface area contributed by atoms with Gasteiger partial charge in [0.1, 0.15) is 16.4 Å². The van der Waals surface area contributed by atoms with Crippen molar-refractivity contribution in [1.82, 2.24) is 9.97 Å². The second kappa shape index (κ2) is 6.10. The van der Waals surface area contributed by atoms with E-state index in [0.29, 0.717) is 18.2 Å². The van der Waals surface area contributed by atoms with E-state index < -0.39 is 0 Å². The molecule has 1 heterocycles. The number of ether oxygens (including phenoxy) is 1. The van der Waals surface area contributed by atoms with E-state index in [1.807, 2.05) is 31.2 Å². The van der Waals surface area contributed by atoms with Crippen molar-refractivity contribution in [3.05, 3.63) is 42.2 Å². The van der Waals surface area contributed by atoms with Crippen LogP contribution in [-0.2, 0) is 0 Å². The summed E-state index contributed by atoms with van der Waals surface area (Å²) in [7, 11) is 0. The topological polar surface area (TPSA) is 73.1 Å². The van der Waals surface area contributed by atoms with E-state index in [4.69, 9.17) is 22.7 Å². The predicted molar refractivity (Wildman–Crippen MR) is 78.8 cm³/mol. The van der Waals surface area contributed by atoms with Gasteiger partial charge in [-0.2, -0.15) is 0 Å². The lowest BCUT2D eigenvalue weighted by Crippen LogP contribution is -2.13. The lowest BCUT2D eigenvalue weighted by molar-refractivity contribution is 0.342. The zero-order valence-corrected chi connectivity index (χ0v) is 11.3. The molecule has 0 aliphatic carbocycles. The Labute approximate surface area is 116 Å². The minimum Gasteiger partial charge on any atom is -0.492 e. The maximum absolute atomic E-state index is 5.54. The minimum atomic E-state index is 0.239. The Morgan fingerprint density at radius 1 is 1.37 bits per heavy atom. The normalized spacial score (nSPS) is 9.95. The lowest BCUT2D eigenvalue weighted by Gasteiger charge is -2.11. The summed E-state index contributed by atoms with van der Waals surface area (Å²) in [6.07, 6.45) is 1.60. The molecule has 2 aromatic rings. The van der Waals surface area contributed by atoms with E-state index >= 15 is 0 Å². The summed E-state index contributed by atoms with van der Waals surface area (Å²) in [5, 5.41) is 3.09. The molecular formula is C13H14N4OS. The third-order valence-corrected chi connectivity index (χ3v) is 2.55. The molecule has 0 aliphatic rings. The number of aromatic nitrogens is 2. The molecule has 5 nitrogen and oxygen atoms in total. The van der Waals surface area contributed by atoms with Gasteiger partial charge in [0, 0.05) is 6.20 Å². The van der Waals surface area contributed by atoms with Gasteiger partial charge in [0.25, 0.3) is 0 Å². The summed E-state index contributed by atoms with van der Waals surface area (Å²) in [5.41, 5.74) is 6.87. The first kappa shape index (κ1) is 13.2. The number of anilines is 2. The van der Waals surface area contributed by atoms with Gasteiger partial charge < -0.3 is 15.8 Å². The molecule has 6 heteroatoms. The molecule has 0 bridgehead atoms. The summed E-state index contributed by atoms with van der Waals surface area (Å²) >= 11 is 4.89. The summed E-state index contributed by atoms with van der Waals surface area (Å²) in [6, 6.07) is 9.25. The van der Waals surface area contributed by atoms with Crippen LogP contribution in [0.15, 0.2) is 36.5 Å². The van der Waals surface area contributed by atoms with Crippen LogP contribution < -0.4 is 15.8 Å². The molecule has 0 radical (unpaired) electrons. The Morgan fingerprint density at radius 3 is 2.89 bits per heavy atom. The van der Waals surface area contributed by atoms with Gasteiger partial charge in [-0.25, -0.2) is 9.97 Å². The molecule has 0 fully saturated rings. The standard InChI is InChI=1S/C13H14N4OS/c1-2-18-11-6-4-3-5-9(11)16-13-15-8-7-10(17-13)12(14)19/h3-8H,2H2,1H3,(H2,14,19)(H,15,16,17). The van der Waals surface area contributed by atoms with Gasteiger partial charge in [0.2, 0.25) is 5.95 Å². The Morgan fingerprint density at radius 2 is 2.16 bits per heavy atom. The fourth-order valence-electron chi connectivity index (χ4n) is 1.53. The number of thiocarbonyl (C=S) groups is 1. The van der Waals surface area contributed by atoms with Gasteiger partial charge in [0.15, 0.2) is 0 Å². The van der Waals surface area contributed by atoms with Crippen molar-refractivity contribution in [2.45, 2.75) is 6.92 Å². The Hall–Kier alpha value is -2.21. The smallest absolute Gasteiger partial charge is 0.227 e. The van der Waals surface area contributed by atoms with E-state index in [-0.39, 0.29) is 4.99 Å². The first-order chi connectivity index (χ1) is 9.20. The molecule has 0 saturated heterocycles.